The van der Waals surface area contributed by atoms with Gasteiger partial charge in [0.05, 0.1) is 22.6 Å². The number of sulfonamides is 1. The SMILES string of the molecule is COc1ccc(Cl)cc1N(CC(=O)N(Cc1ccc(Br)cc1)[C@H](C)C(=O)NC1CCCCC1)S(=O)(=O)c1ccc(C)c([N+](=O)[O-])c1. The first-order chi connectivity index (χ1) is 21.8. The topological polar surface area (TPSA) is 139 Å². The van der Waals surface area contributed by atoms with Crippen molar-refractivity contribution in [3.63, 3.8) is 0 Å². The molecule has 0 heterocycles. The molecule has 246 valence electrons. The molecule has 2 amide bonds. The predicted molar refractivity (Wildman–Crippen MR) is 180 cm³/mol. The number of ether oxygens (including phenoxy) is 1. The van der Waals surface area contributed by atoms with Crippen LogP contribution in [0.4, 0.5) is 11.4 Å². The van der Waals surface area contributed by atoms with Crippen LogP contribution >= 0.6 is 27.5 Å². The highest BCUT2D eigenvalue weighted by atomic mass is 79.9. The summed E-state index contributed by atoms with van der Waals surface area (Å²) in [7, 11) is -3.28. The number of methoxy groups -OCH3 is 1. The van der Waals surface area contributed by atoms with Gasteiger partial charge in [-0.2, -0.15) is 0 Å². The first-order valence-electron chi connectivity index (χ1n) is 14.8. The third-order valence-electron chi connectivity index (χ3n) is 8.04. The maximum absolute atomic E-state index is 14.3. The molecule has 46 heavy (non-hydrogen) atoms. The van der Waals surface area contributed by atoms with Gasteiger partial charge in [0.25, 0.3) is 15.7 Å². The fraction of sp³-hybridized carbons (Fsp3) is 0.375. The van der Waals surface area contributed by atoms with Gasteiger partial charge in [-0.3, -0.25) is 24.0 Å². The van der Waals surface area contributed by atoms with Gasteiger partial charge in [0, 0.05) is 33.7 Å². The lowest BCUT2D eigenvalue weighted by Gasteiger charge is -2.33. The molecule has 1 aliphatic carbocycles. The molecule has 0 saturated heterocycles. The summed E-state index contributed by atoms with van der Waals surface area (Å²) in [4.78, 5) is 39.7. The Morgan fingerprint density at radius 1 is 1.09 bits per heavy atom. The second-order valence-corrected chi connectivity index (χ2v) is 14.4. The number of carbonyl (C=O) groups excluding carboxylic acids is 2. The van der Waals surface area contributed by atoms with Gasteiger partial charge < -0.3 is 15.0 Å². The van der Waals surface area contributed by atoms with Gasteiger partial charge in [-0.25, -0.2) is 8.42 Å². The molecule has 1 atom stereocenters. The van der Waals surface area contributed by atoms with Crippen molar-refractivity contribution in [2.45, 2.75) is 69.5 Å². The number of carbonyl (C=O) groups is 2. The largest absolute Gasteiger partial charge is 0.495 e. The van der Waals surface area contributed by atoms with Crippen molar-refractivity contribution in [1.29, 1.82) is 0 Å². The molecule has 1 N–H and O–H groups in total. The van der Waals surface area contributed by atoms with Gasteiger partial charge in [0.15, 0.2) is 0 Å². The molecule has 1 aliphatic rings. The number of halogens is 2. The molecule has 0 bridgehead atoms. The zero-order valence-corrected chi connectivity index (χ0v) is 28.9. The number of anilines is 1. The molecule has 3 aromatic rings. The average molecular weight is 736 g/mol. The summed E-state index contributed by atoms with van der Waals surface area (Å²) in [5.41, 5.74) is 0.549. The Bertz CT molecular complexity index is 1700. The van der Waals surface area contributed by atoms with Crippen LogP contribution in [-0.4, -0.2) is 55.8 Å². The van der Waals surface area contributed by atoms with Gasteiger partial charge in [0.1, 0.15) is 18.3 Å². The van der Waals surface area contributed by atoms with Crippen LogP contribution in [0.15, 0.2) is 70.0 Å². The maximum atomic E-state index is 14.3. The zero-order valence-electron chi connectivity index (χ0n) is 25.7. The van der Waals surface area contributed by atoms with E-state index in [2.05, 4.69) is 21.2 Å². The van der Waals surface area contributed by atoms with Crippen LogP contribution in [0.25, 0.3) is 0 Å². The minimum absolute atomic E-state index is 0.00161. The van der Waals surface area contributed by atoms with Gasteiger partial charge >= 0.3 is 0 Å². The molecular weight excluding hydrogens is 700 g/mol. The second kappa shape index (κ2) is 15.3. The highest BCUT2D eigenvalue weighted by Gasteiger charge is 2.35. The maximum Gasteiger partial charge on any atom is 0.273 e. The number of amides is 2. The lowest BCUT2D eigenvalue weighted by atomic mass is 9.95. The molecule has 0 radical (unpaired) electrons. The Morgan fingerprint density at radius 2 is 1.76 bits per heavy atom. The normalized spacial score (nSPS) is 14.3. The minimum Gasteiger partial charge on any atom is -0.495 e. The van der Waals surface area contributed by atoms with E-state index in [1.165, 1.54) is 49.3 Å². The number of nitrogens with zero attached hydrogens (tertiary/aromatic N) is 3. The lowest BCUT2D eigenvalue weighted by Crippen LogP contribution is -2.53. The number of nitro groups is 1. The average Bonchev–Trinajstić information content (AvgIpc) is 3.03. The quantitative estimate of drug-likeness (QED) is 0.168. The number of rotatable bonds is 12. The third-order valence-corrected chi connectivity index (χ3v) is 10.6. The van der Waals surface area contributed by atoms with Crippen LogP contribution in [-0.2, 0) is 26.2 Å². The molecule has 14 heteroatoms. The van der Waals surface area contributed by atoms with Crippen LogP contribution in [0.3, 0.4) is 0 Å². The van der Waals surface area contributed by atoms with E-state index in [9.17, 15) is 28.1 Å². The molecule has 0 spiro atoms. The van der Waals surface area contributed by atoms with Crippen molar-refractivity contribution in [2.75, 3.05) is 18.0 Å². The molecule has 4 rings (SSSR count). The van der Waals surface area contributed by atoms with Gasteiger partial charge in [-0.1, -0.05) is 65.0 Å². The van der Waals surface area contributed by atoms with Gasteiger partial charge in [-0.05, 0) is 68.7 Å². The van der Waals surface area contributed by atoms with Crippen LogP contribution in [0.1, 0.15) is 50.2 Å². The van der Waals surface area contributed by atoms with Crippen molar-refractivity contribution in [3.05, 3.63) is 91.4 Å². The molecule has 11 nitrogen and oxygen atoms in total. The van der Waals surface area contributed by atoms with E-state index in [0.29, 0.717) is 0 Å². The predicted octanol–water partition coefficient (Wildman–Crippen LogP) is 6.39. The van der Waals surface area contributed by atoms with Gasteiger partial charge in [0.2, 0.25) is 11.8 Å². The first-order valence-corrected chi connectivity index (χ1v) is 17.4. The van der Waals surface area contributed by atoms with Gasteiger partial charge in [-0.15, -0.1) is 0 Å². The van der Waals surface area contributed by atoms with E-state index >= 15 is 0 Å². The monoisotopic (exact) mass is 734 g/mol. The number of aryl methyl sites for hydroxylation is 1. The van der Waals surface area contributed by atoms with Crippen molar-refractivity contribution in [3.8, 4) is 5.75 Å². The Labute approximate surface area is 282 Å². The summed E-state index contributed by atoms with van der Waals surface area (Å²) in [5, 5.41) is 14.9. The number of nitro benzene ring substituents is 1. The Balaban J connectivity index is 1.77. The first kappa shape index (κ1) is 35.2. The highest BCUT2D eigenvalue weighted by Crippen LogP contribution is 2.36. The summed E-state index contributed by atoms with van der Waals surface area (Å²) in [6.07, 6.45) is 4.82. The van der Waals surface area contributed by atoms with Crippen LogP contribution < -0.4 is 14.4 Å². The van der Waals surface area contributed by atoms with E-state index in [-0.39, 0.29) is 40.5 Å². The Kier molecular flexibility index (Phi) is 11.7. The third kappa shape index (κ3) is 8.37. The van der Waals surface area contributed by atoms with Crippen molar-refractivity contribution >= 4 is 60.7 Å². The second-order valence-electron chi connectivity index (χ2n) is 11.2. The summed E-state index contributed by atoms with van der Waals surface area (Å²) in [6, 6.07) is 14.1. The smallest absolute Gasteiger partial charge is 0.273 e. The Morgan fingerprint density at radius 3 is 2.39 bits per heavy atom. The summed E-state index contributed by atoms with van der Waals surface area (Å²) >= 11 is 9.69. The molecule has 0 unspecified atom stereocenters. The molecule has 0 aliphatic heterocycles. The highest BCUT2D eigenvalue weighted by molar-refractivity contribution is 9.10. The summed E-state index contributed by atoms with van der Waals surface area (Å²) < 4.78 is 35.6. The van der Waals surface area contributed by atoms with Crippen molar-refractivity contribution in [2.24, 2.45) is 0 Å². The van der Waals surface area contributed by atoms with Crippen LogP contribution in [0, 0.1) is 17.0 Å². The van der Waals surface area contributed by atoms with Crippen molar-refractivity contribution < 1.29 is 27.7 Å². The number of hydrogen-bond acceptors (Lipinski definition) is 7. The van der Waals surface area contributed by atoms with E-state index in [0.717, 1.165) is 52.5 Å². The van der Waals surface area contributed by atoms with E-state index in [1.54, 1.807) is 19.1 Å². The standard InChI is InChI=1S/C32H36BrClN4O7S/c1-21-9-15-27(18-28(21)38(41)42)46(43,44)37(29-17-25(34)14-16-30(29)45-3)20-31(39)36(19-23-10-12-24(33)13-11-23)22(2)32(40)35-26-7-5-4-6-8-26/h9-18,22,26H,4-8,19-20H2,1-3H3,(H,35,40)/t22-/m1/s1. The molecule has 1 saturated carbocycles. The fourth-order valence-electron chi connectivity index (χ4n) is 5.38. The Hall–Kier alpha value is -3.68. The van der Waals surface area contributed by atoms with E-state index in [1.807, 2.05) is 12.1 Å². The fourth-order valence-corrected chi connectivity index (χ4v) is 7.25. The minimum atomic E-state index is -4.62. The number of benzene rings is 3. The number of nitrogens with one attached hydrogen (secondary N) is 1. The van der Waals surface area contributed by atoms with Crippen LogP contribution in [0.2, 0.25) is 5.02 Å². The molecular formula is C32H36BrClN4O7S. The summed E-state index contributed by atoms with van der Waals surface area (Å²) in [6.45, 7) is 2.37. The zero-order chi connectivity index (χ0) is 33.6. The van der Waals surface area contributed by atoms with E-state index in [4.69, 9.17) is 16.3 Å². The van der Waals surface area contributed by atoms with Crippen LogP contribution in [0.5, 0.6) is 5.75 Å². The molecule has 0 aromatic heterocycles. The van der Waals surface area contributed by atoms with Crippen molar-refractivity contribution in [1.82, 2.24) is 10.2 Å². The number of hydrogen-bond donors (Lipinski definition) is 1. The summed E-state index contributed by atoms with van der Waals surface area (Å²) in [5.74, 6) is -0.923. The molecule has 3 aromatic carbocycles. The lowest BCUT2D eigenvalue weighted by molar-refractivity contribution is -0.385. The molecule has 1 fully saturated rings. The van der Waals surface area contributed by atoms with E-state index < -0.39 is 44.0 Å².